The lowest BCUT2D eigenvalue weighted by molar-refractivity contribution is -0.116. The summed E-state index contributed by atoms with van der Waals surface area (Å²) in [6.07, 6.45) is 2.87. The molecule has 1 aromatic carbocycles. The Kier molecular flexibility index (Phi) is 3.94. The van der Waals surface area contributed by atoms with E-state index in [9.17, 15) is 4.79 Å². The maximum Gasteiger partial charge on any atom is 0.225 e. The van der Waals surface area contributed by atoms with Crippen LogP contribution < -0.4 is 5.32 Å². The van der Waals surface area contributed by atoms with E-state index in [2.05, 4.69) is 10.3 Å². The molecule has 0 bridgehead atoms. The quantitative estimate of drug-likeness (QED) is 0.845. The Morgan fingerprint density at radius 1 is 1.29 bits per heavy atom. The number of nitrogens with zero attached hydrogens (tertiary/aromatic N) is 1. The van der Waals surface area contributed by atoms with Crippen molar-refractivity contribution in [1.82, 2.24) is 4.98 Å². The molecule has 0 saturated carbocycles. The van der Waals surface area contributed by atoms with E-state index in [0.29, 0.717) is 24.5 Å². The molecule has 1 aromatic heterocycles. The minimum absolute atomic E-state index is 0.0477. The molecule has 0 fully saturated rings. The summed E-state index contributed by atoms with van der Waals surface area (Å²) in [6.45, 7) is 0. The van der Waals surface area contributed by atoms with Gasteiger partial charge in [-0.15, -0.1) is 11.6 Å². The second kappa shape index (κ2) is 5.64. The number of benzene rings is 1. The third kappa shape index (κ3) is 3.17. The Bertz CT molecular complexity index is 528. The number of halogens is 1. The summed E-state index contributed by atoms with van der Waals surface area (Å²) in [5, 5.41) is 4.89. The van der Waals surface area contributed by atoms with E-state index < -0.39 is 0 Å². The van der Waals surface area contributed by atoms with Crippen LogP contribution in [0.3, 0.4) is 0 Å². The second-order valence-corrected chi connectivity index (χ2v) is 4.14. The van der Waals surface area contributed by atoms with Crippen LogP contribution in [0, 0.1) is 0 Å². The first-order valence-electron chi connectivity index (χ1n) is 5.50. The standard InChI is InChI=1S/C13H13ClN2O/c14-7-3-6-13(17)16-12-8-10-4-1-2-5-11(10)9-15-12/h1-2,4-5,8-9H,3,6-7H2,(H,15,16,17). The Hall–Kier alpha value is -1.61. The zero-order valence-electron chi connectivity index (χ0n) is 9.32. The SMILES string of the molecule is O=C(CCCCl)Nc1cc2ccccc2cn1. The first kappa shape index (κ1) is 11.9. The number of anilines is 1. The van der Waals surface area contributed by atoms with Crippen molar-refractivity contribution in [1.29, 1.82) is 0 Å². The lowest BCUT2D eigenvalue weighted by Crippen LogP contribution is -2.12. The maximum atomic E-state index is 11.5. The molecule has 0 radical (unpaired) electrons. The van der Waals surface area contributed by atoms with E-state index in [4.69, 9.17) is 11.6 Å². The molecular weight excluding hydrogens is 236 g/mol. The van der Waals surface area contributed by atoms with Crippen LogP contribution in [-0.2, 0) is 4.79 Å². The van der Waals surface area contributed by atoms with Gasteiger partial charge in [0.1, 0.15) is 5.82 Å². The average Bonchev–Trinajstić information content (AvgIpc) is 2.36. The number of pyridine rings is 1. The number of aromatic nitrogens is 1. The van der Waals surface area contributed by atoms with E-state index in [1.807, 2.05) is 30.3 Å². The smallest absolute Gasteiger partial charge is 0.225 e. The van der Waals surface area contributed by atoms with Gasteiger partial charge in [-0.05, 0) is 17.9 Å². The highest BCUT2D eigenvalue weighted by molar-refractivity contribution is 6.18. The number of rotatable bonds is 4. The molecule has 0 saturated heterocycles. The van der Waals surface area contributed by atoms with Crippen molar-refractivity contribution >= 4 is 34.1 Å². The largest absolute Gasteiger partial charge is 0.311 e. The average molecular weight is 249 g/mol. The summed E-state index contributed by atoms with van der Waals surface area (Å²) in [5.74, 6) is 1.04. The fourth-order valence-corrected chi connectivity index (χ4v) is 1.72. The lowest BCUT2D eigenvalue weighted by Gasteiger charge is -2.04. The van der Waals surface area contributed by atoms with Crippen molar-refractivity contribution in [3.05, 3.63) is 36.5 Å². The summed E-state index contributed by atoms with van der Waals surface area (Å²) >= 11 is 5.53. The predicted octanol–water partition coefficient (Wildman–Crippen LogP) is 3.19. The van der Waals surface area contributed by atoms with Crippen LogP contribution in [0.25, 0.3) is 10.8 Å². The van der Waals surface area contributed by atoms with E-state index >= 15 is 0 Å². The Balaban J connectivity index is 2.11. The maximum absolute atomic E-state index is 11.5. The highest BCUT2D eigenvalue weighted by Crippen LogP contribution is 2.16. The molecule has 2 aromatic rings. The van der Waals surface area contributed by atoms with Gasteiger partial charge in [0, 0.05) is 23.9 Å². The number of carbonyl (C=O) groups is 1. The monoisotopic (exact) mass is 248 g/mol. The second-order valence-electron chi connectivity index (χ2n) is 3.76. The summed E-state index contributed by atoms with van der Waals surface area (Å²) in [7, 11) is 0. The number of hydrogen-bond donors (Lipinski definition) is 1. The third-order valence-corrected chi connectivity index (χ3v) is 2.70. The number of carbonyl (C=O) groups excluding carboxylic acids is 1. The number of hydrogen-bond acceptors (Lipinski definition) is 2. The molecule has 4 heteroatoms. The van der Waals surface area contributed by atoms with Gasteiger partial charge in [0.15, 0.2) is 0 Å². The number of nitrogens with one attached hydrogen (secondary N) is 1. The van der Waals surface area contributed by atoms with Gasteiger partial charge in [-0.25, -0.2) is 4.98 Å². The summed E-state index contributed by atoms with van der Waals surface area (Å²) < 4.78 is 0. The van der Waals surface area contributed by atoms with Gasteiger partial charge < -0.3 is 5.32 Å². The Morgan fingerprint density at radius 3 is 2.82 bits per heavy atom. The Labute approximate surface area is 105 Å². The summed E-state index contributed by atoms with van der Waals surface area (Å²) in [5.41, 5.74) is 0. The number of alkyl halides is 1. The van der Waals surface area contributed by atoms with Gasteiger partial charge in [-0.1, -0.05) is 24.3 Å². The molecule has 1 N–H and O–H groups in total. The van der Waals surface area contributed by atoms with E-state index in [1.165, 1.54) is 0 Å². The van der Waals surface area contributed by atoms with Crippen LogP contribution in [0.1, 0.15) is 12.8 Å². The lowest BCUT2D eigenvalue weighted by atomic mass is 10.2. The van der Waals surface area contributed by atoms with Crippen molar-refractivity contribution < 1.29 is 4.79 Å². The number of amides is 1. The third-order valence-electron chi connectivity index (χ3n) is 2.44. The summed E-state index contributed by atoms with van der Waals surface area (Å²) in [4.78, 5) is 15.7. The minimum atomic E-state index is -0.0477. The predicted molar refractivity (Wildman–Crippen MR) is 70.3 cm³/mol. The van der Waals surface area contributed by atoms with Crippen LogP contribution in [0.4, 0.5) is 5.82 Å². The molecule has 1 amide bonds. The van der Waals surface area contributed by atoms with Crippen LogP contribution in [0.2, 0.25) is 0 Å². The fourth-order valence-electron chi connectivity index (χ4n) is 1.58. The van der Waals surface area contributed by atoms with Gasteiger partial charge in [-0.2, -0.15) is 0 Å². The minimum Gasteiger partial charge on any atom is -0.311 e. The molecule has 17 heavy (non-hydrogen) atoms. The van der Waals surface area contributed by atoms with Gasteiger partial charge in [0.2, 0.25) is 5.91 Å². The van der Waals surface area contributed by atoms with Gasteiger partial charge in [0.05, 0.1) is 0 Å². The van der Waals surface area contributed by atoms with E-state index in [0.717, 1.165) is 10.8 Å². The first-order chi connectivity index (χ1) is 8.29. The van der Waals surface area contributed by atoms with Crippen LogP contribution in [0.15, 0.2) is 36.5 Å². The molecule has 2 rings (SSSR count). The molecule has 1 heterocycles. The zero-order valence-corrected chi connectivity index (χ0v) is 10.1. The Morgan fingerprint density at radius 2 is 2.06 bits per heavy atom. The molecule has 0 aliphatic carbocycles. The number of fused-ring (bicyclic) bond motifs is 1. The molecule has 0 aliphatic rings. The molecule has 88 valence electrons. The first-order valence-corrected chi connectivity index (χ1v) is 6.03. The van der Waals surface area contributed by atoms with Crippen molar-refractivity contribution in [3.63, 3.8) is 0 Å². The normalized spacial score (nSPS) is 10.4. The van der Waals surface area contributed by atoms with Crippen LogP contribution in [0.5, 0.6) is 0 Å². The zero-order chi connectivity index (χ0) is 12.1. The van der Waals surface area contributed by atoms with Crippen LogP contribution >= 0.6 is 11.6 Å². The fraction of sp³-hybridized carbons (Fsp3) is 0.231. The molecule has 0 atom stereocenters. The van der Waals surface area contributed by atoms with Gasteiger partial charge in [-0.3, -0.25) is 4.79 Å². The van der Waals surface area contributed by atoms with Gasteiger partial charge >= 0.3 is 0 Å². The van der Waals surface area contributed by atoms with E-state index in [-0.39, 0.29) is 5.91 Å². The molecule has 0 aliphatic heterocycles. The molecule has 0 unspecified atom stereocenters. The highest BCUT2D eigenvalue weighted by Gasteiger charge is 2.03. The van der Waals surface area contributed by atoms with Crippen LogP contribution in [-0.4, -0.2) is 16.8 Å². The van der Waals surface area contributed by atoms with E-state index in [1.54, 1.807) is 6.20 Å². The van der Waals surface area contributed by atoms with Crippen molar-refractivity contribution in [2.75, 3.05) is 11.2 Å². The molecular formula is C13H13ClN2O. The molecule has 3 nitrogen and oxygen atoms in total. The highest BCUT2D eigenvalue weighted by atomic mass is 35.5. The topological polar surface area (TPSA) is 42.0 Å². The van der Waals surface area contributed by atoms with Crippen molar-refractivity contribution in [2.45, 2.75) is 12.8 Å². The van der Waals surface area contributed by atoms with Gasteiger partial charge in [0.25, 0.3) is 0 Å². The van der Waals surface area contributed by atoms with Crippen molar-refractivity contribution in [2.24, 2.45) is 0 Å². The summed E-state index contributed by atoms with van der Waals surface area (Å²) in [6, 6.07) is 9.77. The molecule has 0 spiro atoms. The van der Waals surface area contributed by atoms with Crippen molar-refractivity contribution in [3.8, 4) is 0 Å².